The Labute approximate surface area is 325 Å². The molecule has 56 heavy (non-hydrogen) atoms. The van der Waals surface area contributed by atoms with Gasteiger partial charge >= 0.3 is 0 Å². The minimum atomic E-state index is 0.882. The van der Waals surface area contributed by atoms with E-state index in [0.29, 0.717) is 0 Å². The lowest BCUT2D eigenvalue weighted by molar-refractivity contribution is 0.673. The molecule has 0 spiro atoms. The van der Waals surface area contributed by atoms with E-state index < -0.39 is 0 Å². The molecule has 0 unspecified atom stereocenters. The van der Waals surface area contributed by atoms with Gasteiger partial charge in [0.1, 0.15) is 11.2 Å². The SMILES string of the molecule is c1cc(-c2cccc3ccccc23)cc(N(c2ccc(-c3cccc4ccccc34)cc2)c2ccccc2-c2cccc3oc4c5ccccc5ccc4c23)c1. The van der Waals surface area contributed by atoms with Crippen LogP contribution in [0.1, 0.15) is 0 Å². The van der Waals surface area contributed by atoms with E-state index in [1.807, 2.05) is 0 Å². The molecule has 262 valence electrons. The third-order valence-electron chi connectivity index (χ3n) is 11.3. The molecule has 0 amide bonds. The number of fused-ring (bicyclic) bond motifs is 7. The Kier molecular flexibility index (Phi) is 7.53. The summed E-state index contributed by atoms with van der Waals surface area (Å²) < 4.78 is 6.67. The van der Waals surface area contributed by atoms with E-state index in [0.717, 1.165) is 55.5 Å². The molecule has 0 aliphatic rings. The largest absolute Gasteiger partial charge is 0.455 e. The summed E-state index contributed by atoms with van der Waals surface area (Å²) in [6.45, 7) is 0. The smallest absolute Gasteiger partial charge is 0.143 e. The van der Waals surface area contributed by atoms with E-state index >= 15 is 0 Å². The van der Waals surface area contributed by atoms with Crippen LogP contribution in [0.4, 0.5) is 17.1 Å². The normalized spacial score (nSPS) is 11.6. The molecule has 0 radical (unpaired) electrons. The Bertz CT molecular complexity index is 3250. The van der Waals surface area contributed by atoms with Crippen LogP contribution in [0.3, 0.4) is 0 Å². The maximum Gasteiger partial charge on any atom is 0.143 e. The molecule has 10 aromatic carbocycles. The molecular weight excluding hydrogens is 679 g/mol. The van der Waals surface area contributed by atoms with Crippen molar-refractivity contribution in [3.05, 3.63) is 212 Å². The van der Waals surface area contributed by atoms with Crippen molar-refractivity contribution in [2.24, 2.45) is 0 Å². The number of nitrogens with zero attached hydrogens (tertiary/aromatic N) is 1. The molecule has 0 bridgehead atoms. The Balaban J connectivity index is 1.13. The van der Waals surface area contributed by atoms with Gasteiger partial charge in [-0.15, -0.1) is 0 Å². The Morgan fingerprint density at radius 1 is 0.321 bits per heavy atom. The van der Waals surface area contributed by atoms with Crippen molar-refractivity contribution in [1.29, 1.82) is 0 Å². The molecule has 0 fully saturated rings. The van der Waals surface area contributed by atoms with Crippen molar-refractivity contribution in [3.63, 3.8) is 0 Å². The number of benzene rings is 10. The topological polar surface area (TPSA) is 16.4 Å². The fraction of sp³-hybridized carbons (Fsp3) is 0. The lowest BCUT2D eigenvalue weighted by Crippen LogP contribution is -2.11. The van der Waals surface area contributed by atoms with Gasteiger partial charge in [0.2, 0.25) is 0 Å². The first-order valence-corrected chi connectivity index (χ1v) is 19.2. The fourth-order valence-electron chi connectivity index (χ4n) is 8.66. The highest BCUT2D eigenvalue weighted by Gasteiger charge is 2.21. The summed E-state index contributed by atoms with van der Waals surface area (Å²) in [7, 11) is 0. The number of hydrogen-bond donors (Lipinski definition) is 0. The highest BCUT2D eigenvalue weighted by molar-refractivity contribution is 6.19. The molecule has 2 heteroatoms. The molecule has 0 aliphatic heterocycles. The van der Waals surface area contributed by atoms with Gasteiger partial charge in [0.15, 0.2) is 0 Å². The van der Waals surface area contributed by atoms with Gasteiger partial charge in [0.05, 0.1) is 5.69 Å². The van der Waals surface area contributed by atoms with E-state index in [1.165, 1.54) is 49.2 Å². The number of anilines is 3. The minimum absolute atomic E-state index is 0.882. The van der Waals surface area contributed by atoms with Crippen LogP contribution in [-0.2, 0) is 0 Å². The summed E-state index contributed by atoms with van der Waals surface area (Å²) in [5.41, 5.74) is 12.1. The lowest BCUT2D eigenvalue weighted by atomic mass is 9.95. The molecule has 2 nitrogen and oxygen atoms in total. The van der Waals surface area contributed by atoms with E-state index in [2.05, 4.69) is 217 Å². The summed E-state index contributed by atoms with van der Waals surface area (Å²) >= 11 is 0. The molecule has 0 saturated heterocycles. The predicted molar refractivity (Wildman–Crippen MR) is 237 cm³/mol. The minimum Gasteiger partial charge on any atom is -0.455 e. The zero-order valence-corrected chi connectivity index (χ0v) is 30.6. The van der Waals surface area contributed by atoms with Gasteiger partial charge in [0, 0.05) is 33.1 Å². The van der Waals surface area contributed by atoms with Gasteiger partial charge in [0.25, 0.3) is 0 Å². The van der Waals surface area contributed by atoms with Crippen molar-refractivity contribution in [2.75, 3.05) is 4.90 Å². The molecule has 11 aromatic rings. The van der Waals surface area contributed by atoms with E-state index in [-0.39, 0.29) is 0 Å². The van der Waals surface area contributed by atoms with Crippen LogP contribution in [-0.4, -0.2) is 0 Å². The van der Waals surface area contributed by atoms with Gasteiger partial charge in [-0.05, 0) is 97.2 Å². The van der Waals surface area contributed by atoms with Crippen molar-refractivity contribution in [1.82, 2.24) is 0 Å². The average molecular weight is 714 g/mol. The van der Waals surface area contributed by atoms with Crippen LogP contribution in [0, 0.1) is 0 Å². The molecule has 1 heterocycles. The molecule has 0 atom stereocenters. The molecule has 0 saturated carbocycles. The van der Waals surface area contributed by atoms with Crippen molar-refractivity contribution in [2.45, 2.75) is 0 Å². The van der Waals surface area contributed by atoms with Crippen molar-refractivity contribution >= 4 is 71.3 Å². The van der Waals surface area contributed by atoms with Crippen LogP contribution in [0.5, 0.6) is 0 Å². The second-order valence-corrected chi connectivity index (χ2v) is 14.4. The first-order valence-electron chi connectivity index (χ1n) is 19.2. The molecular formula is C54H35NO. The van der Waals surface area contributed by atoms with Gasteiger partial charge in [-0.25, -0.2) is 0 Å². The lowest BCUT2D eigenvalue weighted by Gasteiger charge is -2.29. The highest BCUT2D eigenvalue weighted by atomic mass is 16.3. The summed E-state index contributed by atoms with van der Waals surface area (Å²) in [5.74, 6) is 0. The van der Waals surface area contributed by atoms with Crippen LogP contribution in [0.15, 0.2) is 217 Å². The van der Waals surface area contributed by atoms with E-state index in [4.69, 9.17) is 4.42 Å². The van der Waals surface area contributed by atoms with E-state index in [1.54, 1.807) is 0 Å². The molecule has 1 aromatic heterocycles. The second kappa shape index (κ2) is 13.2. The number of furan rings is 1. The van der Waals surface area contributed by atoms with Crippen LogP contribution in [0.25, 0.3) is 87.6 Å². The summed E-state index contributed by atoms with van der Waals surface area (Å²) in [4.78, 5) is 2.41. The van der Waals surface area contributed by atoms with Gasteiger partial charge < -0.3 is 9.32 Å². The molecule has 0 aliphatic carbocycles. The van der Waals surface area contributed by atoms with Gasteiger partial charge in [-0.3, -0.25) is 0 Å². The van der Waals surface area contributed by atoms with E-state index in [9.17, 15) is 0 Å². The summed E-state index contributed by atoms with van der Waals surface area (Å²) in [6, 6.07) is 76.5. The predicted octanol–water partition coefficient (Wildman–Crippen LogP) is 15.5. The Morgan fingerprint density at radius 2 is 0.875 bits per heavy atom. The second-order valence-electron chi connectivity index (χ2n) is 14.4. The van der Waals surface area contributed by atoms with Crippen molar-refractivity contribution < 1.29 is 4.42 Å². The standard InChI is InChI=1S/C54H35NO/c1-4-20-43-36(13-1)16-10-24-45(43)39-29-32-41(33-30-39)55(42-19-9-18-40(35-42)46-25-11-17-37-14-2-5-21-44(37)46)51-27-8-7-23-48(51)49-26-12-28-52-53(49)50-34-31-38-15-3-6-22-47(38)54(50)56-52/h1-35H. The molecule has 11 rings (SSSR count). The highest BCUT2D eigenvalue weighted by Crippen LogP contribution is 2.46. The maximum absolute atomic E-state index is 6.67. The van der Waals surface area contributed by atoms with Gasteiger partial charge in [-0.2, -0.15) is 0 Å². The molecule has 0 N–H and O–H groups in total. The maximum atomic E-state index is 6.67. The summed E-state index contributed by atoms with van der Waals surface area (Å²) in [5, 5.41) is 9.50. The van der Waals surface area contributed by atoms with Gasteiger partial charge in [-0.1, -0.05) is 170 Å². The zero-order valence-electron chi connectivity index (χ0n) is 30.6. The monoisotopic (exact) mass is 713 g/mol. The average Bonchev–Trinajstić information content (AvgIpc) is 3.67. The Morgan fingerprint density at radius 3 is 1.62 bits per heavy atom. The van der Waals surface area contributed by atoms with Crippen LogP contribution in [0.2, 0.25) is 0 Å². The summed E-state index contributed by atoms with van der Waals surface area (Å²) in [6.07, 6.45) is 0. The Hall–Kier alpha value is -7.42. The fourth-order valence-corrected chi connectivity index (χ4v) is 8.66. The first kappa shape index (κ1) is 32.0. The number of para-hydroxylation sites is 1. The first-order chi connectivity index (χ1) is 27.8. The number of hydrogen-bond acceptors (Lipinski definition) is 2. The van der Waals surface area contributed by atoms with Crippen LogP contribution < -0.4 is 4.90 Å². The number of rotatable bonds is 6. The third-order valence-corrected chi connectivity index (χ3v) is 11.3. The van der Waals surface area contributed by atoms with Crippen molar-refractivity contribution in [3.8, 4) is 33.4 Å². The zero-order chi connectivity index (χ0) is 37.0. The third kappa shape index (κ3) is 5.26. The van der Waals surface area contributed by atoms with Crippen LogP contribution >= 0.6 is 0 Å². The quantitative estimate of drug-likeness (QED) is 0.171.